The standard InChI is InChI=1S/C18H18FNO/c19-17-8-6-15(7-9-17)16-10-11-20(18(21)12-16)13-14-4-2-1-3-5-14/h1-9,16H,10-13H2. The Balaban J connectivity index is 1.64. The molecule has 1 atom stereocenters. The van der Waals surface area contributed by atoms with Crippen LogP contribution in [0.5, 0.6) is 0 Å². The predicted octanol–water partition coefficient (Wildman–Crippen LogP) is 3.73. The van der Waals surface area contributed by atoms with Crippen LogP contribution in [0.15, 0.2) is 54.6 Å². The summed E-state index contributed by atoms with van der Waals surface area (Å²) in [6.45, 7) is 1.44. The molecule has 3 heteroatoms. The molecule has 1 fully saturated rings. The van der Waals surface area contributed by atoms with E-state index in [4.69, 9.17) is 0 Å². The van der Waals surface area contributed by atoms with Gasteiger partial charge in [0.05, 0.1) is 0 Å². The van der Waals surface area contributed by atoms with Gasteiger partial charge in [-0.15, -0.1) is 0 Å². The Hall–Kier alpha value is -2.16. The van der Waals surface area contributed by atoms with Gasteiger partial charge in [-0.1, -0.05) is 42.5 Å². The number of likely N-dealkylation sites (tertiary alicyclic amines) is 1. The van der Waals surface area contributed by atoms with Crippen molar-refractivity contribution in [2.45, 2.75) is 25.3 Å². The van der Waals surface area contributed by atoms with Crippen LogP contribution in [0.25, 0.3) is 0 Å². The van der Waals surface area contributed by atoms with Crippen molar-refractivity contribution in [3.05, 3.63) is 71.5 Å². The summed E-state index contributed by atoms with van der Waals surface area (Å²) in [7, 11) is 0. The van der Waals surface area contributed by atoms with Crippen LogP contribution in [0.1, 0.15) is 29.9 Å². The van der Waals surface area contributed by atoms with Crippen LogP contribution in [0.2, 0.25) is 0 Å². The molecule has 3 rings (SSSR count). The largest absolute Gasteiger partial charge is 0.338 e. The maximum atomic E-state index is 13.0. The number of nitrogens with zero attached hydrogens (tertiary/aromatic N) is 1. The number of carbonyl (C=O) groups excluding carboxylic acids is 1. The van der Waals surface area contributed by atoms with Crippen molar-refractivity contribution in [3.63, 3.8) is 0 Å². The van der Waals surface area contributed by atoms with E-state index in [1.165, 1.54) is 12.1 Å². The molecule has 2 aromatic rings. The Labute approximate surface area is 124 Å². The van der Waals surface area contributed by atoms with Crippen LogP contribution in [0, 0.1) is 5.82 Å². The number of halogens is 1. The first-order valence-electron chi connectivity index (χ1n) is 7.29. The van der Waals surface area contributed by atoms with Gasteiger partial charge in [0.1, 0.15) is 5.82 Å². The molecule has 1 aliphatic rings. The van der Waals surface area contributed by atoms with Crippen LogP contribution in [-0.4, -0.2) is 17.4 Å². The molecule has 2 nitrogen and oxygen atoms in total. The smallest absolute Gasteiger partial charge is 0.223 e. The highest BCUT2D eigenvalue weighted by Gasteiger charge is 2.26. The second-order valence-corrected chi connectivity index (χ2v) is 5.54. The van der Waals surface area contributed by atoms with Crippen molar-refractivity contribution in [2.24, 2.45) is 0 Å². The fourth-order valence-electron chi connectivity index (χ4n) is 2.87. The van der Waals surface area contributed by atoms with Gasteiger partial charge in [0.2, 0.25) is 5.91 Å². The maximum absolute atomic E-state index is 13.0. The fraction of sp³-hybridized carbons (Fsp3) is 0.278. The lowest BCUT2D eigenvalue weighted by atomic mass is 9.89. The summed E-state index contributed by atoms with van der Waals surface area (Å²) < 4.78 is 13.0. The van der Waals surface area contributed by atoms with Gasteiger partial charge in [-0.05, 0) is 35.6 Å². The predicted molar refractivity (Wildman–Crippen MR) is 80.2 cm³/mol. The zero-order valence-electron chi connectivity index (χ0n) is 11.8. The Bertz CT molecular complexity index is 609. The maximum Gasteiger partial charge on any atom is 0.223 e. The topological polar surface area (TPSA) is 20.3 Å². The molecule has 0 spiro atoms. The molecule has 1 saturated heterocycles. The lowest BCUT2D eigenvalue weighted by Gasteiger charge is -2.32. The zero-order valence-corrected chi connectivity index (χ0v) is 11.8. The average Bonchev–Trinajstić information content (AvgIpc) is 2.51. The van der Waals surface area contributed by atoms with E-state index < -0.39 is 0 Å². The first-order valence-corrected chi connectivity index (χ1v) is 7.29. The Morgan fingerprint density at radius 3 is 2.43 bits per heavy atom. The number of hydrogen-bond donors (Lipinski definition) is 0. The fourth-order valence-corrected chi connectivity index (χ4v) is 2.87. The van der Waals surface area contributed by atoms with E-state index in [0.717, 1.165) is 24.1 Å². The van der Waals surface area contributed by atoms with Crippen molar-refractivity contribution in [3.8, 4) is 0 Å². The van der Waals surface area contributed by atoms with Crippen molar-refractivity contribution in [1.82, 2.24) is 4.90 Å². The molecule has 0 aromatic heterocycles. The number of piperidine rings is 1. The van der Waals surface area contributed by atoms with E-state index >= 15 is 0 Å². The molecule has 1 amide bonds. The van der Waals surface area contributed by atoms with Crippen LogP contribution >= 0.6 is 0 Å². The Kier molecular flexibility index (Phi) is 4.00. The van der Waals surface area contributed by atoms with Gasteiger partial charge in [0.25, 0.3) is 0 Å². The van der Waals surface area contributed by atoms with Crippen molar-refractivity contribution in [1.29, 1.82) is 0 Å². The molecule has 1 aliphatic heterocycles. The van der Waals surface area contributed by atoms with E-state index in [0.29, 0.717) is 13.0 Å². The molecule has 2 aromatic carbocycles. The molecule has 0 saturated carbocycles. The molecule has 1 unspecified atom stereocenters. The quantitative estimate of drug-likeness (QED) is 0.840. The second-order valence-electron chi connectivity index (χ2n) is 5.54. The molecule has 1 heterocycles. The van der Waals surface area contributed by atoms with Gasteiger partial charge >= 0.3 is 0 Å². The SMILES string of the molecule is O=C1CC(c2ccc(F)cc2)CCN1Cc1ccccc1. The van der Waals surface area contributed by atoms with Crippen LogP contribution in [0.3, 0.4) is 0 Å². The van der Waals surface area contributed by atoms with Crippen LogP contribution < -0.4 is 0 Å². The van der Waals surface area contributed by atoms with Gasteiger partial charge in [-0.2, -0.15) is 0 Å². The summed E-state index contributed by atoms with van der Waals surface area (Å²) >= 11 is 0. The number of amides is 1. The summed E-state index contributed by atoms with van der Waals surface area (Å²) in [5, 5.41) is 0. The lowest BCUT2D eigenvalue weighted by molar-refractivity contribution is -0.134. The minimum Gasteiger partial charge on any atom is -0.338 e. The molecular weight excluding hydrogens is 265 g/mol. The highest BCUT2D eigenvalue weighted by atomic mass is 19.1. The van der Waals surface area contributed by atoms with E-state index in [9.17, 15) is 9.18 Å². The molecule has 21 heavy (non-hydrogen) atoms. The van der Waals surface area contributed by atoms with Crippen LogP contribution in [0.4, 0.5) is 4.39 Å². The zero-order chi connectivity index (χ0) is 14.7. The third kappa shape index (κ3) is 3.30. The summed E-state index contributed by atoms with van der Waals surface area (Å²) in [6.07, 6.45) is 1.45. The Morgan fingerprint density at radius 2 is 1.76 bits per heavy atom. The van der Waals surface area contributed by atoms with E-state index in [-0.39, 0.29) is 17.6 Å². The first-order chi connectivity index (χ1) is 10.2. The van der Waals surface area contributed by atoms with Crippen LogP contribution in [-0.2, 0) is 11.3 Å². The van der Waals surface area contributed by atoms with Crippen molar-refractivity contribution >= 4 is 5.91 Å². The molecule has 0 bridgehead atoms. The Morgan fingerprint density at radius 1 is 1.05 bits per heavy atom. The van der Waals surface area contributed by atoms with Gasteiger partial charge in [0.15, 0.2) is 0 Å². The molecule has 0 radical (unpaired) electrons. The summed E-state index contributed by atoms with van der Waals surface area (Å²) in [5.41, 5.74) is 2.22. The normalized spacial score (nSPS) is 18.8. The van der Waals surface area contributed by atoms with Crippen molar-refractivity contribution < 1.29 is 9.18 Å². The molecule has 0 aliphatic carbocycles. The lowest BCUT2D eigenvalue weighted by Crippen LogP contribution is -2.37. The van der Waals surface area contributed by atoms with Gasteiger partial charge in [-0.25, -0.2) is 4.39 Å². The highest BCUT2D eigenvalue weighted by Crippen LogP contribution is 2.29. The molecule has 0 N–H and O–H groups in total. The highest BCUT2D eigenvalue weighted by molar-refractivity contribution is 5.78. The van der Waals surface area contributed by atoms with Crippen molar-refractivity contribution in [2.75, 3.05) is 6.54 Å². The third-order valence-corrected chi connectivity index (χ3v) is 4.08. The minimum absolute atomic E-state index is 0.180. The third-order valence-electron chi connectivity index (χ3n) is 4.08. The number of benzene rings is 2. The van der Waals surface area contributed by atoms with E-state index in [1.807, 2.05) is 35.2 Å². The number of carbonyl (C=O) groups is 1. The van der Waals surface area contributed by atoms with Gasteiger partial charge in [-0.3, -0.25) is 4.79 Å². The summed E-state index contributed by atoms with van der Waals surface area (Å²) in [5.74, 6) is 0.163. The van der Waals surface area contributed by atoms with Gasteiger partial charge < -0.3 is 4.90 Å². The van der Waals surface area contributed by atoms with E-state index in [1.54, 1.807) is 12.1 Å². The average molecular weight is 283 g/mol. The summed E-state index contributed by atoms with van der Waals surface area (Å²) in [4.78, 5) is 14.2. The summed E-state index contributed by atoms with van der Waals surface area (Å²) in [6, 6.07) is 16.6. The van der Waals surface area contributed by atoms with E-state index in [2.05, 4.69) is 0 Å². The monoisotopic (exact) mass is 283 g/mol. The molecular formula is C18H18FNO. The van der Waals surface area contributed by atoms with Gasteiger partial charge in [0, 0.05) is 19.5 Å². The second kappa shape index (κ2) is 6.08. The number of hydrogen-bond acceptors (Lipinski definition) is 1. The minimum atomic E-state index is -0.230. The number of rotatable bonds is 3. The molecule has 108 valence electrons. The first kappa shape index (κ1) is 13.8.